The van der Waals surface area contributed by atoms with Gasteiger partial charge in [0.05, 0.1) is 18.3 Å². The van der Waals surface area contributed by atoms with Crippen LogP contribution in [0, 0.1) is 6.92 Å². The van der Waals surface area contributed by atoms with Crippen LogP contribution in [0.1, 0.15) is 21.5 Å². The van der Waals surface area contributed by atoms with Crippen molar-refractivity contribution in [3.63, 3.8) is 0 Å². The van der Waals surface area contributed by atoms with Gasteiger partial charge >= 0.3 is 0 Å². The van der Waals surface area contributed by atoms with E-state index in [1.165, 1.54) is 6.21 Å². The van der Waals surface area contributed by atoms with E-state index in [1.807, 2.05) is 19.1 Å². The lowest BCUT2D eigenvalue weighted by molar-refractivity contribution is 0.0955. The van der Waals surface area contributed by atoms with Crippen molar-refractivity contribution >= 4 is 23.7 Å². The summed E-state index contributed by atoms with van der Waals surface area (Å²) in [5.41, 5.74) is 4.90. The summed E-state index contributed by atoms with van der Waals surface area (Å²) >= 11 is 6.01. The zero-order valence-corrected chi connectivity index (χ0v) is 12.5. The molecule has 0 saturated carbocycles. The number of carbonyl (C=O) groups excluding carboxylic acids is 1. The molecule has 1 amide bonds. The van der Waals surface area contributed by atoms with E-state index in [9.17, 15) is 4.79 Å². The third kappa shape index (κ3) is 4.07. The molecule has 0 heterocycles. The first-order valence-corrected chi connectivity index (χ1v) is 6.71. The van der Waals surface area contributed by atoms with E-state index in [0.717, 1.165) is 11.1 Å². The molecule has 0 fully saturated rings. The van der Waals surface area contributed by atoms with Gasteiger partial charge in [-0.2, -0.15) is 5.10 Å². The Balaban J connectivity index is 2.00. The minimum absolute atomic E-state index is 0.258. The van der Waals surface area contributed by atoms with Crippen LogP contribution in [-0.4, -0.2) is 19.2 Å². The van der Waals surface area contributed by atoms with Gasteiger partial charge in [-0.15, -0.1) is 0 Å². The van der Waals surface area contributed by atoms with Gasteiger partial charge in [0.1, 0.15) is 5.75 Å². The number of halogens is 1. The second-order valence-corrected chi connectivity index (χ2v) is 4.87. The zero-order valence-electron chi connectivity index (χ0n) is 11.8. The van der Waals surface area contributed by atoms with E-state index in [2.05, 4.69) is 10.5 Å². The second-order valence-electron chi connectivity index (χ2n) is 4.46. The van der Waals surface area contributed by atoms with Gasteiger partial charge in [-0.1, -0.05) is 29.3 Å². The highest BCUT2D eigenvalue weighted by atomic mass is 35.5. The van der Waals surface area contributed by atoms with Crippen LogP contribution in [0.15, 0.2) is 47.6 Å². The topological polar surface area (TPSA) is 50.7 Å². The molecule has 0 saturated heterocycles. The van der Waals surface area contributed by atoms with Crippen molar-refractivity contribution in [2.75, 3.05) is 7.11 Å². The number of ether oxygens (including phenoxy) is 1. The minimum Gasteiger partial charge on any atom is -0.495 e. The first-order chi connectivity index (χ1) is 10.1. The van der Waals surface area contributed by atoms with Crippen molar-refractivity contribution < 1.29 is 9.53 Å². The van der Waals surface area contributed by atoms with Crippen molar-refractivity contribution in [2.45, 2.75) is 6.92 Å². The van der Waals surface area contributed by atoms with E-state index < -0.39 is 0 Å². The SMILES string of the molecule is COc1ccc(/C=N/NC(=O)c2ccc(C)cc2)cc1Cl. The number of methoxy groups -OCH3 is 1. The molecular formula is C16H15ClN2O2. The fourth-order valence-corrected chi connectivity index (χ4v) is 1.96. The van der Waals surface area contributed by atoms with Crippen LogP contribution in [0.2, 0.25) is 5.02 Å². The Hall–Kier alpha value is -2.33. The Morgan fingerprint density at radius 1 is 1.24 bits per heavy atom. The van der Waals surface area contributed by atoms with Gasteiger partial charge in [-0.25, -0.2) is 5.43 Å². The quantitative estimate of drug-likeness (QED) is 0.695. The number of aryl methyl sites for hydroxylation is 1. The van der Waals surface area contributed by atoms with Crippen LogP contribution in [0.5, 0.6) is 5.75 Å². The maximum Gasteiger partial charge on any atom is 0.271 e. The maximum atomic E-state index is 11.8. The average Bonchev–Trinajstić information content (AvgIpc) is 2.48. The van der Waals surface area contributed by atoms with Gasteiger partial charge in [0, 0.05) is 5.56 Å². The number of hydrogen-bond acceptors (Lipinski definition) is 3. The number of nitrogens with one attached hydrogen (secondary N) is 1. The summed E-state index contributed by atoms with van der Waals surface area (Å²) < 4.78 is 5.06. The number of benzene rings is 2. The Kier molecular flexibility index (Phi) is 4.95. The molecule has 108 valence electrons. The molecule has 0 aliphatic heterocycles. The fraction of sp³-hybridized carbons (Fsp3) is 0.125. The molecule has 1 N–H and O–H groups in total. The van der Waals surface area contributed by atoms with Gasteiger partial charge in [-0.05, 0) is 42.8 Å². The van der Waals surface area contributed by atoms with E-state index >= 15 is 0 Å². The maximum absolute atomic E-state index is 11.8. The molecular weight excluding hydrogens is 288 g/mol. The number of amides is 1. The number of rotatable bonds is 4. The smallest absolute Gasteiger partial charge is 0.271 e. The monoisotopic (exact) mass is 302 g/mol. The summed E-state index contributed by atoms with van der Waals surface area (Å²) in [5.74, 6) is 0.336. The van der Waals surface area contributed by atoms with E-state index in [1.54, 1.807) is 37.4 Å². The van der Waals surface area contributed by atoms with Crippen LogP contribution < -0.4 is 10.2 Å². The van der Waals surface area contributed by atoms with Crippen molar-refractivity contribution in [3.05, 3.63) is 64.2 Å². The molecule has 0 radical (unpaired) electrons. The van der Waals surface area contributed by atoms with Crippen LogP contribution in [-0.2, 0) is 0 Å². The van der Waals surface area contributed by atoms with Crippen LogP contribution >= 0.6 is 11.6 Å². The molecule has 0 atom stereocenters. The standard InChI is InChI=1S/C16H15ClN2O2/c1-11-3-6-13(7-4-11)16(20)19-18-10-12-5-8-15(21-2)14(17)9-12/h3-10H,1-2H3,(H,19,20)/b18-10+. The molecule has 0 aromatic heterocycles. The third-order valence-electron chi connectivity index (χ3n) is 2.87. The largest absolute Gasteiger partial charge is 0.495 e. The molecule has 2 aromatic carbocycles. The second kappa shape index (κ2) is 6.90. The van der Waals surface area contributed by atoms with E-state index in [4.69, 9.17) is 16.3 Å². The summed E-state index contributed by atoms with van der Waals surface area (Å²) in [7, 11) is 1.55. The van der Waals surface area contributed by atoms with Gasteiger partial charge in [-0.3, -0.25) is 4.79 Å². The molecule has 4 nitrogen and oxygen atoms in total. The summed E-state index contributed by atoms with van der Waals surface area (Å²) in [6.45, 7) is 1.97. The highest BCUT2D eigenvalue weighted by Crippen LogP contribution is 2.24. The molecule has 0 bridgehead atoms. The fourth-order valence-electron chi connectivity index (χ4n) is 1.70. The summed E-state index contributed by atoms with van der Waals surface area (Å²) in [4.78, 5) is 11.8. The lowest BCUT2D eigenvalue weighted by Gasteiger charge is -2.03. The number of hydrogen-bond donors (Lipinski definition) is 1. The zero-order chi connectivity index (χ0) is 15.2. The van der Waals surface area contributed by atoms with Gasteiger partial charge in [0.25, 0.3) is 5.91 Å². The molecule has 0 aliphatic carbocycles. The van der Waals surface area contributed by atoms with Crippen molar-refractivity contribution in [1.29, 1.82) is 0 Å². The van der Waals surface area contributed by atoms with Crippen LogP contribution in [0.4, 0.5) is 0 Å². The van der Waals surface area contributed by atoms with Gasteiger partial charge < -0.3 is 4.74 Å². The third-order valence-corrected chi connectivity index (χ3v) is 3.16. The van der Waals surface area contributed by atoms with E-state index in [0.29, 0.717) is 16.3 Å². The van der Waals surface area contributed by atoms with Crippen LogP contribution in [0.3, 0.4) is 0 Å². The van der Waals surface area contributed by atoms with Crippen molar-refractivity contribution in [1.82, 2.24) is 5.43 Å². The van der Waals surface area contributed by atoms with Gasteiger partial charge in [0.2, 0.25) is 0 Å². The lowest BCUT2D eigenvalue weighted by Crippen LogP contribution is -2.17. The predicted octanol–water partition coefficient (Wildman–Crippen LogP) is 3.42. The minimum atomic E-state index is -0.258. The average molecular weight is 303 g/mol. The Morgan fingerprint density at radius 3 is 2.57 bits per heavy atom. The first kappa shape index (κ1) is 15.1. The van der Waals surface area contributed by atoms with Gasteiger partial charge in [0.15, 0.2) is 0 Å². The number of carbonyl (C=O) groups is 1. The molecule has 0 aliphatic rings. The van der Waals surface area contributed by atoms with Crippen molar-refractivity contribution in [3.8, 4) is 5.75 Å². The Labute approximate surface area is 128 Å². The molecule has 2 rings (SSSR count). The summed E-state index contributed by atoms with van der Waals surface area (Å²) in [6, 6.07) is 12.5. The highest BCUT2D eigenvalue weighted by molar-refractivity contribution is 6.32. The molecule has 21 heavy (non-hydrogen) atoms. The van der Waals surface area contributed by atoms with Crippen molar-refractivity contribution in [2.24, 2.45) is 5.10 Å². The molecule has 0 unspecified atom stereocenters. The number of nitrogens with zero attached hydrogens (tertiary/aromatic N) is 1. The Bertz CT molecular complexity index is 666. The lowest BCUT2D eigenvalue weighted by atomic mass is 10.1. The molecule has 5 heteroatoms. The molecule has 2 aromatic rings. The Morgan fingerprint density at radius 2 is 1.95 bits per heavy atom. The summed E-state index contributed by atoms with van der Waals surface area (Å²) in [6.07, 6.45) is 1.53. The summed E-state index contributed by atoms with van der Waals surface area (Å²) in [5, 5.41) is 4.40. The normalized spacial score (nSPS) is 10.6. The first-order valence-electron chi connectivity index (χ1n) is 6.34. The molecule has 0 spiro atoms. The van der Waals surface area contributed by atoms with E-state index in [-0.39, 0.29) is 5.91 Å². The van der Waals surface area contributed by atoms with Crippen LogP contribution in [0.25, 0.3) is 0 Å². The number of hydrazone groups is 1. The highest BCUT2D eigenvalue weighted by Gasteiger charge is 2.03. The predicted molar refractivity (Wildman–Crippen MR) is 84.2 cm³/mol.